The summed E-state index contributed by atoms with van der Waals surface area (Å²) < 4.78 is 6.42. The molecule has 1 heterocycles. The Kier molecular flexibility index (Phi) is 7.32. The van der Waals surface area contributed by atoms with Crippen molar-refractivity contribution in [2.75, 3.05) is 4.90 Å². The molecule has 0 fully saturated rings. The molecule has 246 valence electrons. The molecule has 1 aliphatic carbocycles. The Morgan fingerprint density at radius 1 is 0.442 bits per heavy atom. The minimum Gasteiger partial charge on any atom is -0.456 e. The quantitative estimate of drug-likeness (QED) is 0.176. The predicted octanol–water partition coefficient (Wildman–Crippen LogP) is 14.2. The molecule has 0 aliphatic heterocycles. The van der Waals surface area contributed by atoms with Crippen LogP contribution < -0.4 is 4.90 Å². The van der Waals surface area contributed by atoms with Gasteiger partial charge in [-0.05, 0) is 106 Å². The Morgan fingerprint density at radius 3 is 1.88 bits per heavy atom. The van der Waals surface area contributed by atoms with Gasteiger partial charge < -0.3 is 9.32 Å². The number of fused-ring (bicyclic) bond motifs is 5. The van der Waals surface area contributed by atoms with Crippen LogP contribution in [0, 0.1) is 0 Å². The average Bonchev–Trinajstić information content (AvgIpc) is 3.57. The van der Waals surface area contributed by atoms with Crippen molar-refractivity contribution in [3.8, 4) is 33.4 Å². The number of rotatable bonds is 6. The van der Waals surface area contributed by atoms with Crippen LogP contribution in [0.5, 0.6) is 0 Å². The van der Waals surface area contributed by atoms with Crippen LogP contribution in [-0.4, -0.2) is 0 Å². The predicted molar refractivity (Wildman–Crippen MR) is 220 cm³/mol. The van der Waals surface area contributed by atoms with E-state index in [1.807, 2.05) is 0 Å². The molecular formula is C50H35NO. The molecule has 0 amide bonds. The van der Waals surface area contributed by atoms with E-state index in [2.05, 4.69) is 193 Å². The number of benzene rings is 8. The lowest BCUT2D eigenvalue weighted by Gasteiger charge is -2.30. The lowest BCUT2D eigenvalue weighted by atomic mass is 9.94. The molecule has 8 aromatic carbocycles. The van der Waals surface area contributed by atoms with Gasteiger partial charge in [0, 0.05) is 27.6 Å². The third-order valence-electron chi connectivity index (χ3n) is 10.5. The lowest BCUT2D eigenvalue weighted by molar-refractivity contribution is 0.668. The Bertz CT molecular complexity index is 2790. The van der Waals surface area contributed by atoms with E-state index in [4.69, 9.17) is 4.42 Å². The van der Waals surface area contributed by atoms with Gasteiger partial charge in [-0.2, -0.15) is 0 Å². The first kappa shape index (κ1) is 30.2. The fourth-order valence-corrected chi connectivity index (χ4v) is 7.89. The highest BCUT2D eigenvalue weighted by Crippen LogP contribution is 2.46. The lowest BCUT2D eigenvalue weighted by Crippen LogP contribution is -2.12. The topological polar surface area (TPSA) is 16.4 Å². The second kappa shape index (κ2) is 12.6. The zero-order valence-corrected chi connectivity index (χ0v) is 28.7. The van der Waals surface area contributed by atoms with Gasteiger partial charge in [0.2, 0.25) is 0 Å². The summed E-state index contributed by atoms with van der Waals surface area (Å²) in [4.78, 5) is 2.43. The standard InChI is InChI=1S/C50H35NO/c1-2-12-34(13-3-1)36-22-24-37(25-23-36)43-18-8-10-20-47(43)51(42-28-26-35-14-4-5-15-38(35)30-42)48-21-11-9-19-44(48)41-27-29-49-45(32-41)46-31-39-16-6-7-17-40(39)33-50(46)52-49/h1-5,7-15,17-33H,6,16H2. The molecule has 0 bridgehead atoms. The minimum atomic E-state index is 0.915. The largest absolute Gasteiger partial charge is 0.456 e. The first-order valence-electron chi connectivity index (χ1n) is 18.1. The van der Waals surface area contributed by atoms with E-state index < -0.39 is 0 Å². The van der Waals surface area contributed by atoms with Crippen molar-refractivity contribution in [3.05, 3.63) is 193 Å². The third-order valence-corrected chi connectivity index (χ3v) is 10.5. The summed E-state index contributed by atoms with van der Waals surface area (Å²) in [6.07, 6.45) is 6.62. The van der Waals surface area contributed by atoms with Crippen molar-refractivity contribution in [2.24, 2.45) is 0 Å². The van der Waals surface area contributed by atoms with Crippen LogP contribution in [0.25, 0.3) is 72.2 Å². The Hall–Kier alpha value is -6.64. The van der Waals surface area contributed by atoms with Crippen LogP contribution in [0.3, 0.4) is 0 Å². The normalized spacial score (nSPS) is 12.4. The molecule has 0 unspecified atom stereocenters. The maximum atomic E-state index is 6.42. The number of nitrogens with zero attached hydrogens (tertiary/aromatic N) is 1. The molecule has 0 radical (unpaired) electrons. The average molecular weight is 666 g/mol. The molecule has 1 aromatic heterocycles. The van der Waals surface area contributed by atoms with Crippen molar-refractivity contribution in [3.63, 3.8) is 0 Å². The zero-order valence-electron chi connectivity index (χ0n) is 28.7. The molecule has 0 saturated carbocycles. The number of para-hydroxylation sites is 2. The first-order valence-corrected chi connectivity index (χ1v) is 18.1. The van der Waals surface area contributed by atoms with E-state index in [0.717, 1.165) is 57.6 Å². The van der Waals surface area contributed by atoms with E-state index >= 15 is 0 Å². The monoisotopic (exact) mass is 665 g/mol. The SMILES string of the molecule is C1=Cc2cc3oc4ccc(-c5ccccc5N(c5ccc6ccccc6c5)c5ccccc5-c5ccc(-c6ccccc6)cc5)cc4c3cc2CC1. The number of anilines is 3. The van der Waals surface area contributed by atoms with Crippen molar-refractivity contribution in [2.45, 2.75) is 12.8 Å². The van der Waals surface area contributed by atoms with Crippen molar-refractivity contribution < 1.29 is 4.42 Å². The van der Waals surface area contributed by atoms with Gasteiger partial charge in [-0.3, -0.25) is 0 Å². The maximum absolute atomic E-state index is 6.42. The van der Waals surface area contributed by atoms with Crippen LogP contribution in [0.15, 0.2) is 186 Å². The van der Waals surface area contributed by atoms with Crippen molar-refractivity contribution in [1.29, 1.82) is 0 Å². The van der Waals surface area contributed by atoms with E-state index in [9.17, 15) is 0 Å². The molecule has 10 rings (SSSR count). The Morgan fingerprint density at radius 2 is 1.08 bits per heavy atom. The summed E-state index contributed by atoms with van der Waals surface area (Å²) in [5, 5.41) is 4.76. The molecule has 2 nitrogen and oxygen atoms in total. The molecule has 0 atom stereocenters. The van der Waals surface area contributed by atoms with Crippen LogP contribution in [-0.2, 0) is 6.42 Å². The van der Waals surface area contributed by atoms with Gasteiger partial charge in [0.05, 0.1) is 11.4 Å². The van der Waals surface area contributed by atoms with Crippen LogP contribution in [0.2, 0.25) is 0 Å². The summed E-state index contributed by atoms with van der Waals surface area (Å²) in [5.74, 6) is 0. The fourth-order valence-electron chi connectivity index (χ4n) is 7.89. The van der Waals surface area contributed by atoms with E-state index in [1.165, 1.54) is 49.5 Å². The second-order valence-corrected chi connectivity index (χ2v) is 13.6. The smallest absolute Gasteiger partial charge is 0.136 e. The number of furan rings is 1. The third kappa shape index (κ3) is 5.28. The van der Waals surface area contributed by atoms with E-state index in [1.54, 1.807) is 0 Å². The summed E-state index contributed by atoms with van der Waals surface area (Å²) in [6.45, 7) is 0. The fraction of sp³-hybridized carbons (Fsp3) is 0.0400. The minimum absolute atomic E-state index is 0.915. The summed E-state index contributed by atoms with van der Waals surface area (Å²) in [7, 11) is 0. The van der Waals surface area contributed by atoms with E-state index in [-0.39, 0.29) is 0 Å². The van der Waals surface area contributed by atoms with Gasteiger partial charge in [0.15, 0.2) is 0 Å². The molecule has 1 aliphatic rings. The highest BCUT2D eigenvalue weighted by Gasteiger charge is 2.21. The Labute approximate surface area is 303 Å². The zero-order chi connectivity index (χ0) is 34.4. The van der Waals surface area contributed by atoms with Gasteiger partial charge in [-0.25, -0.2) is 0 Å². The maximum Gasteiger partial charge on any atom is 0.136 e. The van der Waals surface area contributed by atoms with Gasteiger partial charge in [-0.1, -0.05) is 140 Å². The molecule has 0 saturated heterocycles. The molecular weight excluding hydrogens is 631 g/mol. The summed E-state index contributed by atoms with van der Waals surface area (Å²) >= 11 is 0. The van der Waals surface area contributed by atoms with Gasteiger partial charge in [0.25, 0.3) is 0 Å². The highest BCUT2D eigenvalue weighted by atomic mass is 16.3. The Balaban J connectivity index is 1.16. The van der Waals surface area contributed by atoms with Gasteiger partial charge >= 0.3 is 0 Å². The number of allylic oxidation sites excluding steroid dienone is 1. The van der Waals surface area contributed by atoms with Crippen LogP contribution in [0.4, 0.5) is 17.1 Å². The molecule has 2 heteroatoms. The summed E-state index contributed by atoms with van der Waals surface area (Å²) in [6, 6.07) is 63.7. The van der Waals surface area contributed by atoms with Crippen molar-refractivity contribution >= 4 is 55.8 Å². The van der Waals surface area contributed by atoms with Crippen LogP contribution in [0.1, 0.15) is 17.5 Å². The molecule has 0 spiro atoms. The number of hydrogen-bond acceptors (Lipinski definition) is 2. The number of hydrogen-bond donors (Lipinski definition) is 0. The molecule has 0 N–H and O–H groups in total. The van der Waals surface area contributed by atoms with Crippen molar-refractivity contribution in [1.82, 2.24) is 0 Å². The van der Waals surface area contributed by atoms with E-state index in [0.29, 0.717) is 0 Å². The summed E-state index contributed by atoms with van der Waals surface area (Å²) in [5.41, 5.74) is 14.9. The second-order valence-electron chi connectivity index (χ2n) is 13.6. The van der Waals surface area contributed by atoms with Crippen LogP contribution >= 0.6 is 0 Å². The first-order chi connectivity index (χ1) is 25.8. The molecule has 52 heavy (non-hydrogen) atoms. The number of aryl methyl sites for hydroxylation is 1. The van der Waals surface area contributed by atoms with Gasteiger partial charge in [-0.15, -0.1) is 0 Å². The highest BCUT2D eigenvalue weighted by molar-refractivity contribution is 6.08. The van der Waals surface area contributed by atoms with Gasteiger partial charge in [0.1, 0.15) is 11.2 Å². The molecule has 9 aromatic rings.